The van der Waals surface area contributed by atoms with E-state index < -0.39 is 24.5 Å². The van der Waals surface area contributed by atoms with Crippen LogP contribution in [0.2, 0.25) is 0 Å². The zero-order valence-corrected chi connectivity index (χ0v) is 9.13. The second kappa shape index (κ2) is 5.03. The second-order valence-corrected chi connectivity index (χ2v) is 4.31. The van der Waals surface area contributed by atoms with Crippen molar-refractivity contribution < 1.29 is 23.1 Å². The van der Waals surface area contributed by atoms with Crippen molar-refractivity contribution in [3.63, 3.8) is 0 Å². The molecule has 2 atom stereocenters. The van der Waals surface area contributed by atoms with Crippen LogP contribution >= 0.6 is 0 Å². The van der Waals surface area contributed by atoms with Crippen molar-refractivity contribution in [2.24, 2.45) is 5.92 Å². The molecule has 1 aliphatic heterocycles. The van der Waals surface area contributed by atoms with Gasteiger partial charge < -0.3 is 10.0 Å². The smallest absolute Gasteiger partial charge is 0.390 e. The summed E-state index contributed by atoms with van der Waals surface area (Å²) in [5.74, 6) is -1.25. The van der Waals surface area contributed by atoms with E-state index in [4.69, 9.17) is 5.11 Å². The number of carbonyl (C=O) groups is 1. The van der Waals surface area contributed by atoms with Gasteiger partial charge >= 0.3 is 12.1 Å². The Labute approximate surface area is 92.2 Å². The molecule has 2 unspecified atom stereocenters. The van der Waals surface area contributed by atoms with Gasteiger partial charge in [-0.05, 0) is 26.3 Å². The van der Waals surface area contributed by atoms with Crippen LogP contribution in [0, 0.1) is 5.92 Å². The summed E-state index contributed by atoms with van der Waals surface area (Å²) in [7, 11) is 0. The van der Waals surface area contributed by atoms with Crippen LogP contribution in [-0.2, 0) is 4.79 Å². The van der Waals surface area contributed by atoms with Crippen molar-refractivity contribution in [3.05, 3.63) is 0 Å². The summed E-state index contributed by atoms with van der Waals surface area (Å²) in [6.07, 6.45) is -4.08. The number of nitrogens with zero attached hydrogens (tertiary/aromatic N) is 1. The first kappa shape index (κ1) is 13.3. The molecule has 94 valence electrons. The summed E-state index contributed by atoms with van der Waals surface area (Å²) < 4.78 is 36.1. The maximum Gasteiger partial charge on any atom is 0.390 e. The van der Waals surface area contributed by atoms with E-state index in [1.165, 1.54) is 0 Å². The Hall–Kier alpha value is -0.780. The highest BCUT2D eigenvalue weighted by atomic mass is 19.4. The predicted octanol–water partition coefficient (Wildman–Crippen LogP) is 2.12. The lowest BCUT2D eigenvalue weighted by Crippen LogP contribution is -2.43. The van der Waals surface area contributed by atoms with E-state index in [0.29, 0.717) is 19.4 Å². The van der Waals surface area contributed by atoms with E-state index in [9.17, 15) is 18.0 Å². The highest BCUT2D eigenvalue weighted by Gasteiger charge is 2.33. The molecule has 0 aromatic carbocycles. The van der Waals surface area contributed by atoms with Crippen LogP contribution in [0.15, 0.2) is 0 Å². The Balaban J connectivity index is 2.39. The highest BCUT2D eigenvalue weighted by Crippen LogP contribution is 2.26. The number of rotatable bonds is 3. The van der Waals surface area contributed by atoms with Gasteiger partial charge in [0.15, 0.2) is 0 Å². The molecule has 1 saturated heterocycles. The number of carboxylic acids is 1. The van der Waals surface area contributed by atoms with Gasteiger partial charge in [-0.2, -0.15) is 13.2 Å². The minimum Gasteiger partial charge on any atom is -0.481 e. The number of likely N-dealkylation sites (tertiary alicyclic amines) is 1. The fraction of sp³-hybridized carbons (Fsp3) is 0.900. The minimum absolute atomic E-state index is 0.0307. The van der Waals surface area contributed by atoms with Gasteiger partial charge in [-0.3, -0.25) is 4.79 Å². The molecule has 0 saturated carbocycles. The van der Waals surface area contributed by atoms with E-state index in [-0.39, 0.29) is 12.6 Å². The predicted molar refractivity (Wildman–Crippen MR) is 52.1 cm³/mol. The van der Waals surface area contributed by atoms with E-state index >= 15 is 0 Å². The monoisotopic (exact) mass is 239 g/mol. The number of halogens is 3. The van der Waals surface area contributed by atoms with Crippen molar-refractivity contribution in [2.75, 3.05) is 13.1 Å². The summed E-state index contributed by atoms with van der Waals surface area (Å²) in [5, 5.41) is 8.80. The number of piperidine rings is 1. The highest BCUT2D eigenvalue weighted by molar-refractivity contribution is 5.70. The molecule has 0 aromatic heterocycles. The molecule has 3 nitrogen and oxygen atoms in total. The van der Waals surface area contributed by atoms with Crippen LogP contribution in [0.4, 0.5) is 13.2 Å². The molecule has 16 heavy (non-hydrogen) atoms. The SMILES string of the molecule is CC1CC(C(=O)O)CCN1CCC(F)(F)F. The summed E-state index contributed by atoms with van der Waals surface area (Å²) in [5.41, 5.74) is 0. The van der Waals surface area contributed by atoms with Crippen molar-refractivity contribution in [3.8, 4) is 0 Å². The average Bonchev–Trinajstić information content (AvgIpc) is 2.14. The summed E-state index contributed by atoms with van der Waals surface area (Å²) in [6, 6.07) is -0.0859. The molecule has 0 aliphatic carbocycles. The van der Waals surface area contributed by atoms with Crippen molar-refractivity contribution in [2.45, 2.75) is 38.4 Å². The molecule has 0 bridgehead atoms. The van der Waals surface area contributed by atoms with Gasteiger partial charge in [-0.1, -0.05) is 0 Å². The summed E-state index contributed by atoms with van der Waals surface area (Å²) >= 11 is 0. The van der Waals surface area contributed by atoms with Crippen LogP contribution in [0.3, 0.4) is 0 Å². The molecule has 0 spiro atoms. The number of alkyl halides is 3. The van der Waals surface area contributed by atoms with Crippen LogP contribution in [0.1, 0.15) is 26.2 Å². The fourth-order valence-electron chi connectivity index (χ4n) is 2.05. The third-order valence-corrected chi connectivity index (χ3v) is 3.05. The molecule has 0 amide bonds. The molecular weight excluding hydrogens is 223 g/mol. The zero-order valence-electron chi connectivity index (χ0n) is 9.13. The fourth-order valence-corrected chi connectivity index (χ4v) is 2.05. The van der Waals surface area contributed by atoms with Gasteiger partial charge in [-0.25, -0.2) is 0 Å². The van der Waals surface area contributed by atoms with Crippen LogP contribution in [-0.4, -0.2) is 41.3 Å². The molecule has 0 aromatic rings. The van der Waals surface area contributed by atoms with Gasteiger partial charge in [-0.15, -0.1) is 0 Å². The Morgan fingerprint density at radius 3 is 2.56 bits per heavy atom. The molecule has 1 rings (SSSR count). The van der Waals surface area contributed by atoms with Crippen molar-refractivity contribution in [1.82, 2.24) is 4.90 Å². The van der Waals surface area contributed by atoms with E-state index in [2.05, 4.69) is 0 Å². The van der Waals surface area contributed by atoms with Gasteiger partial charge in [0.2, 0.25) is 0 Å². The molecule has 1 aliphatic rings. The zero-order chi connectivity index (χ0) is 12.3. The van der Waals surface area contributed by atoms with E-state index in [1.807, 2.05) is 0 Å². The Bertz CT molecular complexity index is 255. The molecule has 0 radical (unpaired) electrons. The molecule has 1 N–H and O–H groups in total. The van der Waals surface area contributed by atoms with Gasteiger partial charge in [0.25, 0.3) is 0 Å². The van der Waals surface area contributed by atoms with Gasteiger partial charge in [0.1, 0.15) is 0 Å². The molecule has 1 fully saturated rings. The first-order valence-electron chi connectivity index (χ1n) is 5.33. The third kappa shape index (κ3) is 4.00. The number of aliphatic carboxylic acids is 1. The first-order chi connectivity index (χ1) is 7.29. The van der Waals surface area contributed by atoms with Crippen molar-refractivity contribution >= 4 is 5.97 Å². The average molecular weight is 239 g/mol. The normalized spacial score (nSPS) is 28.0. The lowest BCUT2D eigenvalue weighted by atomic mass is 9.91. The van der Waals surface area contributed by atoms with Crippen LogP contribution < -0.4 is 0 Å². The number of hydrogen-bond acceptors (Lipinski definition) is 2. The Morgan fingerprint density at radius 1 is 1.50 bits per heavy atom. The topological polar surface area (TPSA) is 40.5 Å². The Kier molecular flexibility index (Phi) is 4.18. The quantitative estimate of drug-likeness (QED) is 0.820. The molecule has 1 heterocycles. The minimum atomic E-state index is -4.14. The molecule has 6 heteroatoms. The van der Waals surface area contributed by atoms with E-state index in [0.717, 1.165) is 0 Å². The lowest BCUT2D eigenvalue weighted by Gasteiger charge is -2.36. The summed E-state index contributed by atoms with van der Waals surface area (Å²) in [4.78, 5) is 12.4. The molecular formula is C10H16F3NO2. The number of carboxylic acid groups (broad SMARTS) is 1. The first-order valence-corrected chi connectivity index (χ1v) is 5.33. The van der Waals surface area contributed by atoms with Gasteiger partial charge in [0, 0.05) is 12.6 Å². The van der Waals surface area contributed by atoms with E-state index in [1.54, 1.807) is 11.8 Å². The van der Waals surface area contributed by atoms with Crippen LogP contribution in [0.5, 0.6) is 0 Å². The maximum absolute atomic E-state index is 12.0. The maximum atomic E-state index is 12.0. The lowest BCUT2D eigenvalue weighted by molar-refractivity contribution is -0.147. The van der Waals surface area contributed by atoms with Crippen molar-refractivity contribution in [1.29, 1.82) is 0 Å². The second-order valence-electron chi connectivity index (χ2n) is 4.31. The third-order valence-electron chi connectivity index (χ3n) is 3.05. The largest absolute Gasteiger partial charge is 0.481 e. The summed E-state index contributed by atoms with van der Waals surface area (Å²) in [6.45, 7) is 2.19. The number of hydrogen-bond donors (Lipinski definition) is 1. The standard InChI is InChI=1S/C10H16F3NO2/c1-7-6-8(9(15)16)2-4-14(7)5-3-10(11,12)13/h7-8H,2-6H2,1H3,(H,15,16). The van der Waals surface area contributed by atoms with Gasteiger partial charge in [0.05, 0.1) is 12.3 Å². The Morgan fingerprint density at radius 2 is 2.12 bits per heavy atom. The van der Waals surface area contributed by atoms with Crippen LogP contribution in [0.25, 0.3) is 0 Å².